The minimum atomic E-state index is -0.442. The van der Waals surface area contributed by atoms with E-state index in [4.69, 9.17) is 17.3 Å². The third-order valence-corrected chi connectivity index (χ3v) is 4.83. The molecule has 11 heteroatoms. The smallest absolute Gasteiger partial charge is 0.277 e. The van der Waals surface area contributed by atoms with Crippen molar-refractivity contribution in [3.63, 3.8) is 0 Å². The van der Waals surface area contributed by atoms with Crippen LogP contribution < -0.4 is 16.4 Å². The van der Waals surface area contributed by atoms with Crippen LogP contribution in [0.1, 0.15) is 21.7 Å². The van der Waals surface area contributed by atoms with Crippen LogP contribution in [0, 0.1) is 0 Å². The number of nitrogens with one attached hydrogen (secondary N) is 2. The Balaban J connectivity index is 1.39. The van der Waals surface area contributed by atoms with Crippen LogP contribution in [0.2, 0.25) is 5.02 Å². The first-order valence-electron chi connectivity index (χ1n) is 9.91. The molecular formula is C21H21ClN8O2. The molecule has 0 aliphatic heterocycles. The summed E-state index contributed by atoms with van der Waals surface area (Å²) in [4.78, 5) is 13.6. The van der Waals surface area contributed by atoms with Gasteiger partial charge in [-0.05, 0) is 28.0 Å². The molecule has 2 heterocycles. The number of nitrogens with two attached hydrogens (primary N) is 1. The lowest BCUT2D eigenvalue weighted by Gasteiger charge is -2.05. The van der Waals surface area contributed by atoms with Gasteiger partial charge in [-0.3, -0.25) is 4.79 Å². The third kappa shape index (κ3) is 5.29. The Labute approximate surface area is 188 Å². The second kappa shape index (κ2) is 10.0. The van der Waals surface area contributed by atoms with Crippen molar-refractivity contribution in [3.05, 3.63) is 76.6 Å². The van der Waals surface area contributed by atoms with E-state index in [1.54, 1.807) is 4.80 Å². The maximum atomic E-state index is 12.0. The number of benzene rings is 2. The number of hydrogen-bond acceptors (Lipinski definition) is 8. The molecule has 0 atom stereocenters. The number of aromatic nitrogens is 5. The van der Waals surface area contributed by atoms with E-state index in [0.29, 0.717) is 31.2 Å². The minimum absolute atomic E-state index is 0.0275. The van der Waals surface area contributed by atoms with Gasteiger partial charge in [0.2, 0.25) is 11.5 Å². The molecule has 0 unspecified atom stereocenters. The van der Waals surface area contributed by atoms with Gasteiger partial charge < -0.3 is 16.4 Å². The van der Waals surface area contributed by atoms with E-state index >= 15 is 0 Å². The quantitative estimate of drug-likeness (QED) is 0.328. The number of nitrogen functional groups attached to an aromatic ring is 1. The lowest BCUT2D eigenvalue weighted by Crippen LogP contribution is -2.32. The molecule has 2 aromatic carbocycles. The third-order valence-electron chi connectivity index (χ3n) is 4.59. The van der Waals surface area contributed by atoms with E-state index in [9.17, 15) is 4.79 Å². The number of hydrogen-bond donors (Lipinski definition) is 3. The summed E-state index contributed by atoms with van der Waals surface area (Å²) in [5.41, 5.74) is 9.07. The van der Waals surface area contributed by atoms with Gasteiger partial charge in [0.1, 0.15) is 11.4 Å². The van der Waals surface area contributed by atoms with Gasteiger partial charge in [-0.2, -0.15) is 15.0 Å². The summed E-state index contributed by atoms with van der Waals surface area (Å²) in [5, 5.41) is 22.9. The van der Waals surface area contributed by atoms with E-state index in [0.717, 1.165) is 22.5 Å². The van der Waals surface area contributed by atoms with Crippen LogP contribution in [0.25, 0.3) is 11.3 Å². The fourth-order valence-corrected chi connectivity index (χ4v) is 3.31. The second-order valence-corrected chi connectivity index (χ2v) is 7.39. The summed E-state index contributed by atoms with van der Waals surface area (Å²) in [6.07, 6.45) is 0. The van der Waals surface area contributed by atoms with Crippen molar-refractivity contribution in [1.82, 2.24) is 35.9 Å². The van der Waals surface area contributed by atoms with Crippen molar-refractivity contribution in [2.24, 2.45) is 0 Å². The average molecular weight is 453 g/mol. The van der Waals surface area contributed by atoms with Crippen molar-refractivity contribution >= 4 is 23.3 Å². The Hall–Kier alpha value is -3.76. The number of amides is 1. The Morgan fingerprint density at radius 3 is 2.66 bits per heavy atom. The molecule has 4 aromatic rings. The van der Waals surface area contributed by atoms with E-state index in [-0.39, 0.29) is 11.5 Å². The second-order valence-electron chi connectivity index (χ2n) is 6.95. The molecule has 4 N–H and O–H groups in total. The first-order valence-corrected chi connectivity index (χ1v) is 10.3. The van der Waals surface area contributed by atoms with Crippen molar-refractivity contribution in [2.45, 2.75) is 13.1 Å². The topological polar surface area (TPSA) is 137 Å². The highest BCUT2D eigenvalue weighted by atomic mass is 35.5. The zero-order valence-electron chi connectivity index (χ0n) is 17.0. The van der Waals surface area contributed by atoms with Crippen molar-refractivity contribution in [2.75, 3.05) is 18.8 Å². The summed E-state index contributed by atoms with van der Waals surface area (Å²) in [6, 6.07) is 17.5. The van der Waals surface area contributed by atoms with Crippen molar-refractivity contribution < 1.29 is 9.42 Å². The number of nitrogens with zero attached hydrogens (tertiary/aromatic N) is 5. The van der Waals surface area contributed by atoms with Gasteiger partial charge >= 0.3 is 0 Å². The highest BCUT2D eigenvalue weighted by molar-refractivity contribution is 6.30. The fourth-order valence-electron chi connectivity index (χ4n) is 3.10. The summed E-state index contributed by atoms with van der Waals surface area (Å²) in [7, 11) is 0. The van der Waals surface area contributed by atoms with Gasteiger partial charge in [0.15, 0.2) is 0 Å². The molecule has 0 spiro atoms. The molecular weight excluding hydrogens is 432 g/mol. The van der Waals surface area contributed by atoms with Crippen LogP contribution in [-0.4, -0.2) is 44.3 Å². The number of rotatable bonds is 9. The fraction of sp³-hybridized carbons (Fsp3) is 0.190. The van der Waals surface area contributed by atoms with Crippen LogP contribution in [0.15, 0.2) is 59.2 Å². The van der Waals surface area contributed by atoms with Crippen molar-refractivity contribution in [3.8, 4) is 11.3 Å². The predicted molar refractivity (Wildman–Crippen MR) is 119 cm³/mol. The minimum Gasteiger partial charge on any atom is -0.379 e. The van der Waals surface area contributed by atoms with Gasteiger partial charge in [-0.15, -0.1) is 0 Å². The molecule has 0 saturated carbocycles. The highest BCUT2D eigenvalue weighted by Gasteiger charge is 2.16. The van der Waals surface area contributed by atoms with E-state index in [1.807, 2.05) is 54.6 Å². The molecule has 0 radical (unpaired) electrons. The average Bonchev–Trinajstić information content (AvgIpc) is 3.40. The molecule has 10 nitrogen and oxygen atoms in total. The van der Waals surface area contributed by atoms with E-state index in [2.05, 4.69) is 35.8 Å². The largest absolute Gasteiger partial charge is 0.379 e. The Bertz CT molecular complexity index is 1190. The predicted octanol–water partition coefficient (Wildman–Crippen LogP) is 2.13. The highest BCUT2D eigenvalue weighted by Crippen LogP contribution is 2.20. The van der Waals surface area contributed by atoms with Gasteiger partial charge in [0, 0.05) is 30.2 Å². The number of anilines is 1. The SMILES string of the molecule is Nc1nonc1C(=O)NCCNCc1nn(Cc2cccc(Cl)c2)nc1-c1ccccc1. The Morgan fingerprint density at radius 2 is 1.91 bits per heavy atom. The molecule has 0 aliphatic carbocycles. The monoisotopic (exact) mass is 452 g/mol. The normalized spacial score (nSPS) is 10.9. The van der Waals surface area contributed by atoms with Crippen molar-refractivity contribution in [1.29, 1.82) is 0 Å². The Kier molecular flexibility index (Phi) is 6.73. The molecule has 4 rings (SSSR count). The van der Waals surface area contributed by atoms with Gasteiger partial charge in [-0.1, -0.05) is 54.1 Å². The van der Waals surface area contributed by atoms with E-state index in [1.165, 1.54) is 0 Å². The van der Waals surface area contributed by atoms with Gasteiger partial charge in [0.25, 0.3) is 5.91 Å². The van der Waals surface area contributed by atoms with Crippen LogP contribution in [0.3, 0.4) is 0 Å². The molecule has 1 amide bonds. The number of carbonyl (C=O) groups is 1. The maximum absolute atomic E-state index is 12.0. The molecule has 0 saturated heterocycles. The molecule has 0 fully saturated rings. The zero-order chi connectivity index (χ0) is 22.3. The standard InChI is InChI=1S/C21H21ClN8O2/c22-16-8-4-5-14(11-16)13-30-26-17(18(27-30)15-6-2-1-3-7-15)12-24-9-10-25-21(31)19-20(23)29-32-28-19/h1-8,11,24H,9-10,12-13H2,(H2,23,29)(H,25,31). The first-order chi connectivity index (χ1) is 15.6. The summed E-state index contributed by atoms with van der Waals surface area (Å²) < 4.78 is 4.43. The molecule has 0 aliphatic rings. The molecule has 0 bridgehead atoms. The van der Waals surface area contributed by atoms with Gasteiger partial charge in [-0.25, -0.2) is 4.63 Å². The zero-order valence-corrected chi connectivity index (χ0v) is 17.8. The maximum Gasteiger partial charge on any atom is 0.277 e. The van der Waals surface area contributed by atoms with Crippen LogP contribution in [-0.2, 0) is 13.1 Å². The summed E-state index contributed by atoms with van der Waals surface area (Å²) in [6.45, 7) is 1.85. The lowest BCUT2D eigenvalue weighted by molar-refractivity contribution is 0.0944. The van der Waals surface area contributed by atoms with E-state index < -0.39 is 5.91 Å². The summed E-state index contributed by atoms with van der Waals surface area (Å²) >= 11 is 6.10. The van der Waals surface area contributed by atoms with Crippen LogP contribution in [0.5, 0.6) is 0 Å². The molecule has 32 heavy (non-hydrogen) atoms. The number of carbonyl (C=O) groups excluding carboxylic acids is 1. The lowest BCUT2D eigenvalue weighted by atomic mass is 10.1. The molecule has 164 valence electrons. The van der Waals surface area contributed by atoms with Crippen LogP contribution >= 0.6 is 11.6 Å². The summed E-state index contributed by atoms with van der Waals surface area (Å²) in [5.74, 6) is -0.484. The Morgan fingerprint density at radius 1 is 1.06 bits per heavy atom. The molecule has 2 aromatic heterocycles. The first kappa shape index (κ1) is 21.5. The van der Waals surface area contributed by atoms with Crippen LogP contribution in [0.4, 0.5) is 5.82 Å². The number of halogens is 1. The van der Waals surface area contributed by atoms with Gasteiger partial charge in [0.05, 0.1) is 6.54 Å².